The van der Waals surface area contributed by atoms with Gasteiger partial charge < -0.3 is 14.9 Å². The Labute approximate surface area is 86.3 Å². The quantitative estimate of drug-likeness (QED) is 0.651. The topological polar surface area (TPSA) is 83.8 Å². The Bertz CT molecular complexity index is 340. The number of carbonyl (C=O) groups is 2. The first-order valence-corrected chi connectivity index (χ1v) is 4.66. The summed E-state index contributed by atoms with van der Waals surface area (Å²) in [6.07, 6.45) is 3.29. The van der Waals surface area contributed by atoms with Gasteiger partial charge in [0.25, 0.3) is 0 Å². The molecule has 4 atom stereocenters. The molecule has 2 bridgehead atoms. The van der Waals surface area contributed by atoms with Crippen molar-refractivity contribution in [1.82, 2.24) is 0 Å². The zero-order chi connectivity index (χ0) is 11.4. The molecule has 0 saturated carbocycles. The third-order valence-corrected chi connectivity index (χ3v) is 3.29. The van der Waals surface area contributed by atoms with E-state index in [1.165, 1.54) is 0 Å². The Morgan fingerprint density at radius 1 is 1.07 bits per heavy atom. The largest absolute Gasteiger partial charge is 0.481 e. The van der Waals surface area contributed by atoms with Gasteiger partial charge in [-0.2, -0.15) is 0 Å². The molecule has 1 saturated heterocycles. The van der Waals surface area contributed by atoms with Gasteiger partial charge in [-0.05, 0) is 13.8 Å². The van der Waals surface area contributed by atoms with Crippen molar-refractivity contribution in [3.05, 3.63) is 12.2 Å². The van der Waals surface area contributed by atoms with Crippen molar-refractivity contribution < 1.29 is 24.5 Å². The van der Waals surface area contributed by atoms with Crippen LogP contribution >= 0.6 is 0 Å². The molecule has 2 aliphatic rings. The highest BCUT2D eigenvalue weighted by molar-refractivity contribution is 5.84. The number of rotatable bonds is 2. The van der Waals surface area contributed by atoms with Crippen molar-refractivity contribution >= 4 is 11.9 Å². The Hall–Kier alpha value is -1.36. The van der Waals surface area contributed by atoms with Crippen molar-refractivity contribution in [2.75, 3.05) is 0 Å². The van der Waals surface area contributed by atoms with Crippen LogP contribution in [-0.4, -0.2) is 33.4 Å². The molecule has 0 aromatic heterocycles. The van der Waals surface area contributed by atoms with Crippen LogP contribution in [0.4, 0.5) is 0 Å². The Kier molecular flexibility index (Phi) is 1.77. The number of carboxylic acid groups (broad SMARTS) is 2. The second-order valence-electron chi connectivity index (χ2n) is 4.43. The minimum Gasteiger partial charge on any atom is -0.481 e. The summed E-state index contributed by atoms with van der Waals surface area (Å²) in [5, 5.41) is 18.1. The average molecular weight is 212 g/mol. The first-order chi connectivity index (χ1) is 6.80. The van der Waals surface area contributed by atoms with E-state index in [2.05, 4.69) is 0 Å². The number of hydrogen-bond acceptors (Lipinski definition) is 3. The van der Waals surface area contributed by atoms with E-state index in [0.29, 0.717) is 0 Å². The van der Waals surface area contributed by atoms with Crippen LogP contribution < -0.4 is 0 Å². The SMILES string of the molecule is CC12C=CC(C)(O1)C(C(=O)O)C2C(=O)O. The van der Waals surface area contributed by atoms with Crippen LogP contribution in [0.3, 0.4) is 0 Å². The Morgan fingerprint density at radius 3 is 1.67 bits per heavy atom. The van der Waals surface area contributed by atoms with Crippen LogP contribution in [0.5, 0.6) is 0 Å². The van der Waals surface area contributed by atoms with Crippen molar-refractivity contribution in [1.29, 1.82) is 0 Å². The fraction of sp³-hybridized carbons (Fsp3) is 0.600. The highest BCUT2D eigenvalue weighted by Crippen LogP contribution is 2.53. The summed E-state index contributed by atoms with van der Waals surface area (Å²) in [6, 6.07) is 0. The Morgan fingerprint density at radius 2 is 1.40 bits per heavy atom. The third kappa shape index (κ3) is 1.13. The lowest BCUT2D eigenvalue weighted by atomic mass is 9.72. The molecule has 5 nitrogen and oxygen atoms in total. The first kappa shape index (κ1) is 10.2. The summed E-state index contributed by atoms with van der Waals surface area (Å²) >= 11 is 0. The molecular formula is C10H12O5. The molecule has 2 heterocycles. The zero-order valence-electron chi connectivity index (χ0n) is 8.43. The summed E-state index contributed by atoms with van der Waals surface area (Å²) in [5.41, 5.74) is -1.99. The lowest BCUT2D eigenvalue weighted by molar-refractivity contribution is -0.154. The van der Waals surface area contributed by atoms with Gasteiger partial charge in [0.2, 0.25) is 0 Å². The van der Waals surface area contributed by atoms with E-state index in [1.54, 1.807) is 26.0 Å². The number of aliphatic carboxylic acids is 2. The van der Waals surface area contributed by atoms with Crippen molar-refractivity contribution in [2.45, 2.75) is 25.0 Å². The Balaban J connectivity index is 2.50. The number of ether oxygens (including phenoxy) is 1. The van der Waals surface area contributed by atoms with Crippen LogP contribution in [-0.2, 0) is 14.3 Å². The van der Waals surface area contributed by atoms with E-state index >= 15 is 0 Å². The summed E-state index contributed by atoms with van der Waals surface area (Å²) < 4.78 is 5.52. The third-order valence-electron chi connectivity index (χ3n) is 3.29. The van der Waals surface area contributed by atoms with Gasteiger partial charge >= 0.3 is 11.9 Å². The lowest BCUT2D eigenvalue weighted by Gasteiger charge is -2.26. The van der Waals surface area contributed by atoms with Crippen LogP contribution in [0.25, 0.3) is 0 Å². The van der Waals surface area contributed by atoms with Crippen molar-refractivity contribution in [3.8, 4) is 0 Å². The van der Waals surface area contributed by atoms with Crippen molar-refractivity contribution in [2.24, 2.45) is 11.8 Å². The molecular weight excluding hydrogens is 200 g/mol. The second kappa shape index (κ2) is 2.61. The predicted molar refractivity (Wildman–Crippen MR) is 49.3 cm³/mol. The fourth-order valence-corrected chi connectivity index (χ4v) is 2.64. The average Bonchev–Trinajstić information content (AvgIpc) is 2.49. The maximum absolute atomic E-state index is 11.1. The lowest BCUT2D eigenvalue weighted by Crippen LogP contribution is -2.44. The minimum absolute atomic E-state index is 0.996. The van der Waals surface area contributed by atoms with Gasteiger partial charge in [0.15, 0.2) is 0 Å². The molecule has 15 heavy (non-hydrogen) atoms. The molecule has 82 valence electrons. The first-order valence-electron chi connectivity index (χ1n) is 4.66. The number of carboxylic acids is 2. The van der Waals surface area contributed by atoms with E-state index in [4.69, 9.17) is 14.9 Å². The van der Waals surface area contributed by atoms with Gasteiger partial charge in [0.05, 0.1) is 11.2 Å². The molecule has 2 aliphatic heterocycles. The normalized spacial score (nSPS) is 47.1. The molecule has 2 N–H and O–H groups in total. The minimum atomic E-state index is -1.13. The maximum atomic E-state index is 11.1. The maximum Gasteiger partial charge on any atom is 0.310 e. The molecule has 0 amide bonds. The zero-order valence-corrected chi connectivity index (χ0v) is 8.43. The van der Waals surface area contributed by atoms with Crippen LogP contribution in [0.1, 0.15) is 13.8 Å². The van der Waals surface area contributed by atoms with Gasteiger partial charge in [0, 0.05) is 0 Å². The van der Waals surface area contributed by atoms with Crippen LogP contribution in [0.2, 0.25) is 0 Å². The molecule has 5 heteroatoms. The van der Waals surface area contributed by atoms with E-state index in [9.17, 15) is 9.59 Å². The summed E-state index contributed by atoms with van der Waals surface area (Å²) in [7, 11) is 0. The standard InChI is InChI=1S/C10H12O5/c1-9-3-4-10(2,15-9)6(8(13)14)5(9)7(11)12/h3-6H,1-2H3,(H,11,12)(H,13,14). The highest BCUT2D eigenvalue weighted by Gasteiger charge is 2.65. The molecule has 2 rings (SSSR count). The van der Waals surface area contributed by atoms with Crippen LogP contribution in [0.15, 0.2) is 12.2 Å². The number of fused-ring (bicyclic) bond motifs is 2. The van der Waals surface area contributed by atoms with Crippen molar-refractivity contribution in [3.63, 3.8) is 0 Å². The van der Waals surface area contributed by atoms with E-state index in [-0.39, 0.29) is 0 Å². The molecule has 0 spiro atoms. The molecule has 0 radical (unpaired) electrons. The molecule has 1 fully saturated rings. The van der Waals surface area contributed by atoms with Gasteiger partial charge in [-0.25, -0.2) is 0 Å². The summed E-state index contributed by atoms with van der Waals surface area (Å²) in [4.78, 5) is 22.2. The molecule has 0 aromatic rings. The van der Waals surface area contributed by atoms with Gasteiger partial charge in [-0.1, -0.05) is 12.2 Å². The van der Waals surface area contributed by atoms with Gasteiger partial charge in [-0.15, -0.1) is 0 Å². The highest BCUT2D eigenvalue weighted by atomic mass is 16.5. The van der Waals surface area contributed by atoms with E-state index < -0.39 is 35.0 Å². The van der Waals surface area contributed by atoms with E-state index in [0.717, 1.165) is 0 Å². The fourth-order valence-electron chi connectivity index (χ4n) is 2.64. The monoisotopic (exact) mass is 212 g/mol. The van der Waals surface area contributed by atoms with Crippen LogP contribution in [0, 0.1) is 11.8 Å². The number of hydrogen-bond donors (Lipinski definition) is 2. The smallest absolute Gasteiger partial charge is 0.310 e. The summed E-state index contributed by atoms with van der Waals surface area (Å²) in [6.45, 7) is 3.22. The van der Waals surface area contributed by atoms with Gasteiger partial charge in [-0.3, -0.25) is 9.59 Å². The second-order valence-corrected chi connectivity index (χ2v) is 4.43. The molecule has 0 aliphatic carbocycles. The predicted octanol–water partition coefficient (Wildman–Crippen LogP) is 0.505. The van der Waals surface area contributed by atoms with Gasteiger partial charge in [0.1, 0.15) is 11.8 Å². The molecule has 0 aromatic carbocycles. The van der Waals surface area contributed by atoms with E-state index in [1.807, 2.05) is 0 Å². The molecule has 4 unspecified atom stereocenters. The summed E-state index contributed by atoms with van der Waals surface area (Å²) in [5.74, 6) is -4.30.